The van der Waals surface area contributed by atoms with Gasteiger partial charge in [-0.1, -0.05) is 172 Å². The topological polar surface area (TPSA) is 49.6 Å². The van der Waals surface area contributed by atoms with Crippen LogP contribution in [0.3, 0.4) is 0 Å². The average molecular weight is 793 g/mol. The lowest BCUT2D eigenvalue weighted by Crippen LogP contribution is -2.45. The fraction of sp³-hybridized carbons (Fsp3) is 0.109. The summed E-state index contributed by atoms with van der Waals surface area (Å²) < 4.78 is 0. The highest BCUT2D eigenvalue weighted by molar-refractivity contribution is 8.00. The van der Waals surface area contributed by atoms with Crippen molar-refractivity contribution in [1.82, 2.24) is 10.3 Å². The lowest BCUT2D eigenvalue weighted by Gasteiger charge is -2.48. The summed E-state index contributed by atoms with van der Waals surface area (Å²) in [6, 6.07) is 35.9. The molecule has 0 saturated carbocycles. The zero-order valence-corrected chi connectivity index (χ0v) is 34.2. The van der Waals surface area contributed by atoms with Crippen molar-refractivity contribution in [3.8, 4) is 22.3 Å². The van der Waals surface area contributed by atoms with E-state index in [0.717, 1.165) is 51.9 Å². The van der Waals surface area contributed by atoms with E-state index in [4.69, 9.17) is 15.0 Å². The van der Waals surface area contributed by atoms with E-state index in [0.29, 0.717) is 5.84 Å². The van der Waals surface area contributed by atoms with Gasteiger partial charge in [0.15, 0.2) is 6.17 Å². The Morgan fingerprint density at radius 3 is 2.38 bits per heavy atom. The molecule has 0 saturated heterocycles. The molecular formula is C55H44N4S. The van der Waals surface area contributed by atoms with Gasteiger partial charge in [0.1, 0.15) is 11.7 Å². The summed E-state index contributed by atoms with van der Waals surface area (Å²) >= 11 is 1.95. The number of fused-ring (bicyclic) bond motifs is 10. The van der Waals surface area contributed by atoms with Crippen molar-refractivity contribution in [3.05, 3.63) is 241 Å². The predicted molar refractivity (Wildman–Crippen MR) is 253 cm³/mol. The van der Waals surface area contributed by atoms with Gasteiger partial charge in [0.2, 0.25) is 0 Å². The Morgan fingerprint density at radius 2 is 1.60 bits per heavy atom. The SMILES string of the molecule is C=C/C=C\C(=C)C1=NC(C(/C=C/C2=CCCC=C2)=C/C=C)N=C(C2=CC3C(C=C2)Sc2ccc(-c4ccc5cccnc5c4)cc2C32c3ccccc3-c3ccccc32)N1. The zero-order chi connectivity index (χ0) is 40.6. The number of benzene rings is 4. The minimum Gasteiger partial charge on any atom is -0.324 e. The van der Waals surface area contributed by atoms with Crippen molar-refractivity contribution >= 4 is 34.3 Å². The van der Waals surface area contributed by atoms with Crippen molar-refractivity contribution in [2.45, 2.75) is 34.6 Å². The normalized spacial score (nSPS) is 21.0. The van der Waals surface area contributed by atoms with Gasteiger partial charge >= 0.3 is 0 Å². The lowest BCUT2D eigenvalue weighted by atomic mass is 9.61. The largest absolute Gasteiger partial charge is 0.324 e. The van der Waals surface area contributed by atoms with E-state index in [1.165, 1.54) is 43.8 Å². The Labute approximate surface area is 356 Å². The van der Waals surface area contributed by atoms with E-state index < -0.39 is 11.6 Å². The number of nitrogens with zero attached hydrogens (tertiary/aromatic N) is 3. The molecule has 1 N–H and O–H groups in total. The summed E-state index contributed by atoms with van der Waals surface area (Å²) in [5, 5.41) is 4.93. The molecule has 290 valence electrons. The van der Waals surface area contributed by atoms with Gasteiger partial charge in [-0.3, -0.25) is 4.98 Å². The summed E-state index contributed by atoms with van der Waals surface area (Å²) in [5.41, 5.74) is 13.3. The number of aromatic nitrogens is 1. The number of amidine groups is 2. The van der Waals surface area contributed by atoms with Crippen molar-refractivity contribution in [3.63, 3.8) is 0 Å². The van der Waals surface area contributed by atoms with Gasteiger partial charge in [-0.15, -0.1) is 11.8 Å². The molecule has 4 nitrogen and oxygen atoms in total. The Morgan fingerprint density at radius 1 is 0.800 bits per heavy atom. The number of hydrogen-bond acceptors (Lipinski definition) is 5. The van der Waals surface area contributed by atoms with Crippen LogP contribution in [0.4, 0.5) is 0 Å². The molecule has 0 radical (unpaired) electrons. The molecule has 1 spiro atoms. The van der Waals surface area contributed by atoms with E-state index in [9.17, 15) is 0 Å². The summed E-state index contributed by atoms with van der Waals surface area (Å²) in [6.45, 7) is 12.3. The number of allylic oxidation sites excluding steroid dienone is 10. The second-order valence-electron chi connectivity index (χ2n) is 15.6. The molecule has 3 aliphatic carbocycles. The number of hydrogen-bond donors (Lipinski definition) is 1. The Bertz CT molecular complexity index is 2860. The van der Waals surface area contributed by atoms with Crippen LogP contribution in [0.2, 0.25) is 0 Å². The van der Waals surface area contributed by atoms with Crippen LogP contribution in [0, 0.1) is 5.92 Å². The van der Waals surface area contributed by atoms with Gasteiger partial charge in [0, 0.05) is 38.8 Å². The third kappa shape index (κ3) is 6.47. The first-order valence-corrected chi connectivity index (χ1v) is 21.5. The predicted octanol–water partition coefficient (Wildman–Crippen LogP) is 12.8. The minimum atomic E-state index is -0.512. The maximum atomic E-state index is 5.36. The minimum absolute atomic E-state index is 0.0514. The number of nitrogens with one attached hydrogen (secondary N) is 1. The molecule has 60 heavy (non-hydrogen) atoms. The smallest absolute Gasteiger partial charge is 0.169 e. The summed E-state index contributed by atoms with van der Waals surface area (Å²) in [6.07, 6.45) is 30.9. The van der Waals surface area contributed by atoms with Crippen LogP contribution in [0.5, 0.6) is 0 Å². The highest BCUT2D eigenvalue weighted by Gasteiger charge is 2.55. The molecule has 1 aromatic heterocycles. The maximum Gasteiger partial charge on any atom is 0.169 e. The van der Waals surface area contributed by atoms with Crippen LogP contribution in [-0.4, -0.2) is 28.1 Å². The van der Waals surface area contributed by atoms with Crippen molar-refractivity contribution < 1.29 is 0 Å². The number of rotatable bonds is 9. The molecule has 5 heteroatoms. The maximum absolute atomic E-state index is 5.36. The van der Waals surface area contributed by atoms with E-state index in [1.807, 2.05) is 48.3 Å². The van der Waals surface area contributed by atoms with Gasteiger partial charge in [0.05, 0.1) is 10.9 Å². The number of thioether (sulfide) groups is 1. The van der Waals surface area contributed by atoms with Crippen LogP contribution in [0.15, 0.2) is 239 Å². The molecule has 3 heterocycles. The van der Waals surface area contributed by atoms with Crippen LogP contribution in [0.25, 0.3) is 33.2 Å². The molecular weight excluding hydrogens is 749 g/mol. The highest BCUT2D eigenvalue weighted by Crippen LogP contribution is 2.64. The Balaban J connectivity index is 1.14. The molecule has 4 aromatic carbocycles. The van der Waals surface area contributed by atoms with Gasteiger partial charge < -0.3 is 5.32 Å². The summed E-state index contributed by atoms with van der Waals surface area (Å²) in [5.74, 6) is 1.48. The molecule has 5 aliphatic rings. The standard InChI is InChI=1S/C55H44N4S/c1-4-6-16-36(3)52-57-53(39(15-5-2)25-24-37-17-8-7-9-18-37)59-54(58-52)42-29-31-51-48(34-42)55(45-22-12-10-20-43(45)44-21-11-13-23-46(44)55)47-33-40(28-30-50(47)60-51)41-27-26-38-19-14-32-56-49(38)35-41/h4-6,8,10-35,48,51,53H,1-3,7,9H2,(H,57,58,59)/b16-6-,25-24+,39-15+. The first-order valence-electron chi connectivity index (χ1n) is 20.6. The quantitative estimate of drug-likeness (QED) is 0.151. The summed E-state index contributed by atoms with van der Waals surface area (Å²) in [4.78, 5) is 16.5. The third-order valence-corrected chi connectivity index (χ3v) is 13.5. The number of aliphatic imine (C=N–C) groups is 2. The fourth-order valence-corrected chi connectivity index (χ4v) is 10.8. The van der Waals surface area contributed by atoms with Crippen molar-refractivity contribution in [2.75, 3.05) is 0 Å². The molecule has 10 rings (SSSR count). The average Bonchev–Trinajstić information content (AvgIpc) is 3.60. The summed E-state index contributed by atoms with van der Waals surface area (Å²) in [7, 11) is 0. The van der Waals surface area contributed by atoms with E-state index >= 15 is 0 Å². The Hall–Kier alpha value is -6.82. The van der Waals surface area contributed by atoms with Crippen LogP contribution in [-0.2, 0) is 5.41 Å². The molecule has 2 aliphatic heterocycles. The fourth-order valence-electron chi connectivity index (χ4n) is 9.40. The molecule has 5 aromatic rings. The molecule has 0 bridgehead atoms. The van der Waals surface area contributed by atoms with Gasteiger partial charge in [-0.25, -0.2) is 9.98 Å². The van der Waals surface area contributed by atoms with E-state index in [2.05, 4.69) is 165 Å². The first-order chi connectivity index (χ1) is 29.5. The highest BCUT2D eigenvalue weighted by atomic mass is 32.2. The van der Waals surface area contributed by atoms with Crippen LogP contribution < -0.4 is 5.32 Å². The van der Waals surface area contributed by atoms with Gasteiger partial charge in [-0.05, 0) is 87.2 Å². The van der Waals surface area contributed by atoms with Crippen molar-refractivity contribution in [1.29, 1.82) is 0 Å². The third-order valence-electron chi connectivity index (χ3n) is 12.1. The Kier molecular flexibility index (Phi) is 9.83. The van der Waals surface area contributed by atoms with Crippen molar-refractivity contribution in [2.24, 2.45) is 15.9 Å². The van der Waals surface area contributed by atoms with Crippen LogP contribution >= 0.6 is 11.8 Å². The second kappa shape index (κ2) is 15.7. The molecule has 0 fully saturated rings. The molecule has 0 amide bonds. The van der Waals surface area contributed by atoms with Gasteiger partial charge in [-0.2, -0.15) is 0 Å². The first kappa shape index (κ1) is 37.5. The number of pyridine rings is 1. The zero-order valence-electron chi connectivity index (χ0n) is 33.3. The lowest BCUT2D eigenvalue weighted by molar-refractivity contribution is 0.448. The molecule has 3 atom stereocenters. The molecule has 3 unspecified atom stereocenters. The second-order valence-corrected chi connectivity index (χ2v) is 16.8. The van der Waals surface area contributed by atoms with Gasteiger partial charge in [0.25, 0.3) is 0 Å². The van der Waals surface area contributed by atoms with E-state index in [-0.39, 0.29) is 11.2 Å². The monoisotopic (exact) mass is 792 g/mol. The van der Waals surface area contributed by atoms with E-state index in [1.54, 1.807) is 6.08 Å². The van der Waals surface area contributed by atoms with Crippen LogP contribution in [0.1, 0.15) is 29.5 Å².